The molecule has 5 nitrogen and oxygen atoms in total. The van der Waals surface area contributed by atoms with Crippen LogP contribution in [0.1, 0.15) is 25.1 Å². The van der Waals surface area contributed by atoms with Crippen LogP contribution in [-0.4, -0.2) is 59.6 Å². The Kier molecular flexibility index (Phi) is 4.92. The SMILES string of the molecule is Cc1c(CN(C)CC(=O)N2C[C@@H](C)O[C@@H](C)C2)[nH]c2ccccc12. The van der Waals surface area contributed by atoms with Gasteiger partial charge in [-0.3, -0.25) is 9.69 Å². The van der Waals surface area contributed by atoms with Gasteiger partial charge in [0.05, 0.1) is 18.8 Å². The van der Waals surface area contributed by atoms with Gasteiger partial charge in [0.15, 0.2) is 0 Å². The van der Waals surface area contributed by atoms with Crippen LogP contribution in [-0.2, 0) is 16.1 Å². The number of fused-ring (bicyclic) bond motifs is 1. The van der Waals surface area contributed by atoms with Crippen molar-refractivity contribution in [2.45, 2.75) is 39.5 Å². The number of para-hydroxylation sites is 1. The number of aryl methyl sites for hydroxylation is 1. The number of benzene rings is 1. The Bertz CT molecular complexity index is 714. The van der Waals surface area contributed by atoms with E-state index in [2.05, 4.69) is 35.0 Å². The molecule has 0 aliphatic carbocycles. The zero-order valence-corrected chi connectivity index (χ0v) is 15.0. The molecule has 0 spiro atoms. The molecule has 1 aliphatic rings. The summed E-state index contributed by atoms with van der Waals surface area (Å²) in [4.78, 5) is 20.0. The van der Waals surface area contributed by atoms with Crippen LogP contribution in [0.4, 0.5) is 0 Å². The number of aromatic nitrogens is 1. The van der Waals surface area contributed by atoms with E-state index in [9.17, 15) is 4.79 Å². The number of carbonyl (C=O) groups excluding carboxylic acids is 1. The van der Waals surface area contributed by atoms with E-state index in [0.717, 1.165) is 12.1 Å². The number of amides is 1. The van der Waals surface area contributed by atoms with Crippen LogP contribution in [0, 0.1) is 6.92 Å². The summed E-state index contributed by atoms with van der Waals surface area (Å²) < 4.78 is 5.70. The number of nitrogens with zero attached hydrogens (tertiary/aromatic N) is 2. The van der Waals surface area contributed by atoms with Crippen molar-refractivity contribution in [3.8, 4) is 0 Å². The van der Waals surface area contributed by atoms with Gasteiger partial charge in [-0.1, -0.05) is 18.2 Å². The van der Waals surface area contributed by atoms with E-state index in [-0.39, 0.29) is 18.1 Å². The summed E-state index contributed by atoms with van der Waals surface area (Å²) in [5.41, 5.74) is 3.59. The van der Waals surface area contributed by atoms with Gasteiger partial charge in [0, 0.05) is 36.2 Å². The molecule has 2 aromatic rings. The van der Waals surface area contributed by atoms with Crippen molar-refractivity contribution in [2.75, 3.05) is 26.7 Å². The fourth-order valence-corrected chi connectivity index (χ4v) is 3.53. The van der Waals surface area contributed by atoms with Gasteiger partial charge >= 0.3 is 0 Å². The summed E-state index contributed by atoms with van der Waals surface area (Å²) in [6, 6.07) is 8.32. The lowest BCUT2D eigenvalue weighted by molar-refractivity contribution is -0.144. The van der Waals surface area contributed by atoms with E-state index >= 15 is 0 Å². The maximum atomic E-state index is 12.6. The Balaban J connectivity index is 1.63. The number of rotatable bonds is 4. The van der Waals surface area contributed by atoms with Gasteiger partial charge < -0.3 is 14.6 Å². The highest BCUT2D eigenvalue weighted by Gasteiger charge is 2.26. The second-order valence-corrected chi connectivity index (χ2v) is 7.00. The van der Waals surface area contributed by atoms with E-state index in [0.29, 0.717) is 19.6 Å². The van der Waals surface area contributed by atoms with Crippen molar-refractivity contribution in [2.24, 2.45) is 0 Å². The predicted octanol–water partition coefficient (Wildman–Crippen LogP) is 2.54. The topological polar surface area (TPSA) is 48.6 Å². The second kappa shape index (κ2) is 6.95. The van der Waals surface area contributed by atoms with Crippen LogP contribution in [0.3, 0.4) is 0 Å². The summed E-state index contributed by atoms with van der Waals surface area (Å²) in [7, 11) is 2.00. The highest BCUT2D eigenvalue weighted by atomic mass is 16.5. The Morgan fingerprint density at radius 3 is 2.62 bits per heavy atom. The molecule has 1 saturated heterocycles. The van der Waals surface area contributed by atoms with E-state index in [4.69, 9.17) is 4.74 Å². The first-order valence-corrected chi connectivity index (χ1v) is 8.62. The van der Waals surface area contributed by atoms with Gasteiger partial charge in [-0.25, -0.2) is 0 Å². The van der Waals surface area contributed by atoms with E-state index in [1.165, 1.54) is 16.6 Å². The fourth-order valence-electron chi connectivity index (χ4n) is 3.53. The normalized spacial score (nSPS) is 21.6. The van der Waals surface area contributed by atoms with Crippen LogP contribution in [0.5, 0.6) is 0 Å². The third kappa shape index (κ3) is 3.62. The molecule has 1 fully saturated rings. The number of morpholine rings is 1. The fraction of sp³-hybridized carbons (Fsp3) is 0.526. The molecule has 0 unspecified atom stereocenters. The van der Waals surface area contributed by atoms with E-state index < -0.39 is 0 Å². The van der Waals surface area contributed by atoms with Crippen LogP contribution < -0.4 is 0 Å². The number of H-pyrrole nitrogens is 1. The van der Waals surface area contributed by atoms with Gasteiger partial charge in [0.1, 0.15) is 0 Å². The maximum absolute atomic E-state index is 12.6. The molecule has 1 aromatic carbocycles. The zero-order chi connectivity index (χ0) is 17.3. The lowest BCUT2D eigenvalue weighted by Crippen LogP contribution is -2.50. The molecule has 2 heterocycles. The minimum atomic E-state index is 0.110. The first-order chi connectivity index (χ1) is 11.4. The highest BCUT2D eigenvalue weighted by Crippen LogP contribution is 2.22. The third-order valence-electron chi connectivity index (χ3n) is 4.67. The van der Waals surface area contributed by atoms with Crippen LogP contribution >= 0.6 is 0 Å². The van der Waals surface area contributed by atoms with Crippen LogP contribution in [0.25, 0.3) is 10.9 Å². The molecule has 1 aromatic heterocycles. The molecule has 1 aliphatic heterocycles. The second-order valence-electron chi connectivity index (χ2n) is 7.00. The van der Waals surface area contributed by atoms with Crippen molar-refractivity contribution in [3.63, 3.8) is 0 Å². The number of nitrogens with one attached hydrogen (secondary N) is 1. The predicted molar refractivity (Wildman–Crippen MR) is 96.0 cm³/mol. The first-order valence-electron chi connectivity index (χ1n) is 8.62. The monoisotopic (exact) mass is 329 g/mol. The third-order valence-corrected chi connectivity index (χ3v) is 4.67. The minimum Gasteiger partial charge on any atom is -0.372 e. The van der Waals surface area contributed by atoms with Gasteiger partial charge in [-0.15, -0.1) is 0 Å². The van der Waals surface area contributed by atoms with E-state index in [1.807, 2.05) is 31.9 Å². The average molecular weight is 329 g/mol. The molecule has 5 heteroatoms. The van der Waals surface area contributed by atoms with Crippen molar-refractivity contribution >= 4 is 16.8 Å². The van der Waals surface area contributed by atoms with Gasteiger partial charge in [-0.05, 0) is 39.4 Å². The van der Waals surface area contributed by atoms with Crippen molar-refractivity contribution in [3.05, 3.63) is 35.5 Å². The average Bonchev–Trinajstić information content (AvgIpc) is 2.83. The lowest BCUT2D eigenvalue weighted by atomic mass is 10.1. The molecule has 0 bridgehead atoms. The summed E-state index contributed by atoms with van der Waals surface area (Å²) >= 11 is 0. The highest BCUT2D eigenvalue weighted by molar-refractivity contribution is 5.84. The number of hydrogen-bond acceptors (Lipinski definition) is 3. The number of hydrogen-bond donors (Lipinski definition) is 1. The molecule has 0 radical (unpaired) electrons. The summed E-state index contributed by atoms with van der Waals surface area (Å²) in [6.45, 7) is 8.71. The smallest absolute Gasteiger partial charge is 0.236 e. The minimum absolute atomic E-state index is 0.110. The molecule has 1 N–H and O–H groups in total. The van der Waals surface area contributed by atoms with Crippen molar-refractivity contribution in [1.29, 1.82) is 0 Å². The largest absolute Gasteiger partial charge is 0.372 e. The molecule has 0 saturated carbocycles. The quantitative estimate of drug-likeness (QED) is 0.938. The first kappa shape index (κ1) is 17.0. The molecular formula is C19H27N3O2. The summed E-state index contributed by atoms with van der Waals surface area (Å²) in [5.74, 6) is 0.174. The standard InChI is InChI=1S/C19H27N3O2/c1-13-9-22(10-14(2)24-13)19(23)12-21(4)11-18-15(3)16-7-5-6-8-17(16)20-18/h5-8,13-14,20H,9-12H2,1-4H3/t13-,14+. The van der Waals surface area contributed by atoms with Gasteiger partial charge in [-0.2, -0.15) is 0 Å². The van der Waals surface area contributed by atoms with E-state index in [1.54, 1.807) is 0 Å². The molecule has 130 valence electrons. The Morgan fingerprint density at radius 2 is 1.96 bits per heavy atom. The molecule has 1 amide bonds. The van der Waals surface area contributed by atoms with Crippen LogP contribution in [0.15, 0.2) is 24.3 Å². The van der Waals surface area contributed by atoms with Crippen LogP contribution in [0.2, 0.25) is 0 Å². The van der Waals surface area contributed by atoms with Gasteiger partial charge in [0.25, 0.3) is 0 Å². The molecule has 24 heavy (non-hydrogen) atoms. The summed E-state index contributed by atoms with van der Waals surface area (Å²) in [5, 5.41) is 1.25. The number of ether oxygens (including phenoxy) is 1. The Morgan fingerprint density at radius 1 is 1.29 bits per heavy atom. The Hall–Kier alpha value is -1.85. The zero-order valence-electron chi connectivity index (χ0n) is 15.0. The Labute approximate surface area is 143 Å². The summed E-state index contributed by atoms with van der Waals surface area (Å²) in [6.07, 6.45) is 0.220. The van der Waals surface area contributed by atoms with Crippen molar-refractivity contribution < 1.29 is 9.53 Å². The number of likely N-dealkylation sites (N-methyl/N-ethyl adjacent to an activating group) is 1. The lowest BCUT2D eigenvalue weighted by Gasteiger charge is -2.36. The van der Waals surface area contributed by atoms with Crippen molar-refractivity contribution in [1.82, 2.24) is 14.8 Å². The molecule has 2 atom stereocenters. The van der Waals surface area contributed by atoms with Gasteiger partial charge in [0.2, 0.25) is 5.91 Å². The number of aromatic amines is 1. The number of carbonyl (C=O) groups is 1. The maximum Gasteiger partial charge on any atom is 0.236 e. The molecule has 3 rings (SSSR count). The molecular weight excluding hydrogens is 302 g/mol.